The number of nitrogens with one attached hydrogen (secondary N) is 1. The van der Waals surface area contributed by atoms with Gasteiger partial charge in [0.15, 0.2) is 0 Å². The third-order valence-corrected chi connectivity index (χ3v) is 3.73. The highest BCUT2D eigenvalue weighted by molar-refractivity contribution is 6.32. The summed E-state index contributed by atoms with van der Waals surface area (Å²) in [4.78, 5) is 11.5. The number of rotatable bonds is 4. The molecule has 0 saturated heterocycles. The Kier molecular flexibility index (Phi) is 4.55. The number of aryl methyl sites for hydroxylation is 3. The number of amides is 1. The van der Waals surface area contributed by atoms with Gasteiger partial charge in [-0.1, -0.05) is 11.6 Å². The summed E-state index contributed by atoms with van der Waals surface area (Å²) in [5, 5.41) is 0.734. The molecule has 0 spiro atoms. The molecule has 0 saturated carbocycles. The fraction of sp³-hybridized carbons (Fsp3) is 0.267. The van der Waals surface area contributed by atoms with Crippen LogP contribution in [-0.2, 0) is 6.61 Å². The predicted octanol–water partition coefficient (Wildman–Crippen LogP) is 3.04. The maximum Gasteiger partial charge on any atom is 0.268 e. The first-order valence-electron chi connectivity index (χ1n) is 6.42. The maximum atomic E-state index is 11.5. The summed E-state index contributed by atoms with van der Waals surface area (Å²) in [6.45, 7) is 5.76. The van der Waals surface area contributed by atoms with Crippen molar-refractivity contribution in [2.24, 2.45) is 5.84 Å². The van der Waals surface area contributed by atoms with Gasteiger partial charge in [-0.05, 0) is 50.1 Å². The van der Waals surface area contributed by atoms with Crippen molar-refractivity contribution in [2.45, 2.75) is 27.4 Å². The zero-order valence-corrected chi connectivity index (χ0v) is 12.9. The van der Waals surface area contributed by atoms with Crippen LogP contribution in [-0.4, -0.2) is 5.91 Å². The molecule has 0 atom stereocenters. The number of hydrogen-bond acceptors (Lipinski definition) is 4. The Labute approximate surface area is 128 Å². The summed E-state index contributed by atoms with van der Waals surface area (Å²) < 4.78 is 11.2. The first-order valence-corrected chi connectivity index (χ1v) is 6.80. The first kappa shape index (κ1) is 15.4. The number of halogens is 1. The van der Waals surface area contributed by atoms with Crippen molar-refractivity contribution < 1.29 is 13.9 Å². The Morgan fingerprint density at radius 2 is 1.90 bits per heavy atom. The molecule has 2 rings (SSSR count). The molecule has 1 amide bonds. The zero-order valence-electron chi connectivity index (χ0n) is 12.1. The standard InChI is InChI=1S/C15H17ClN2O3/c1-8-4-11(5-9(2)14(8)16)20-7-12-6-13(10(3)21-12)15(19)18-17/h4-6H,7,17H2,1-3H3,(H,18,19). The smallest absolute Gasteiger partial charge is 0.268 e. The van der Waals surface area contributed by atoms with Crippen molar-refractivity contribution in [3.8, 4) is 5.75 Å². The lowest BCUT2D eigenvalue weighted by atomic mass is 10.1. The van der Waals surface area contributed by atoms with Gasteiger partial charge in [0.25, 0.3) is 5.91 Å². The molecular weight excluding hydrogens is 292 g/mol. The van der Waals surface area contributed by atoms with E-state index in [0.717, 1.165) is 16.1 Å². The molecule has 0 aliphatic heterocycles. The molecular formula is C15H17ClN2O3. The van der Waals surface area contributed by atoms with Crippen molar-refractivity contribution in [3.05, 3.63) is 51.4 Å². The molecule has 0 aliphatic rings. The highest BCUT2D eigenvalue weighted by Crippen LogP contribution is 2.26. The van der Waals surface area contributed by atoms with Gasteiger partial charge >= 0.3 is 0 Å². The van der Waals surface area contributed by atoms with E-state index in [9.17, 15) is 4.79 Å². The maximum absolute atomic E-state index is 11.5. The molecule has 21 heavy (non-hydrogen) atoms. The monoisotopic (exact) mass is 308 g/mol. The quantitative estimate of drug-likeness (QED) is 0.517. The van der Waals surface area contributed by atoms with Crippen molar-refractivity contribution in [3.63, 3.8) is 0 Å². The Bertz CT molecular complexity index is 657. The minimum Gasteiger partial charge on any atom is -0.486 e. The number of nitrogen functional groups attached to an aromatic ring is 1. The lowest BCUT2D eigenvalue weighted by Gasteiger charge is -2.08. The third kappa shape index (κ3) is 3.37. The average molecular weight is 309 g/mol. The van der Waals surface area contributed by atoms with E-state index >= 15 is 0 Å². The molecule has 2 aromatic rings. The van der Waals surface area contributed by atoms with E-state index in [1.54, 1.807) is 13.0 Å². The minimum absolute atomic E-state index is 0.221. The predicted molar refractivity (Wildman–Crippen MR) is 80.4 cm³/mol. The Balaban J connectivity index is 2.12. The number of carbonyl (C=O) groups excluding carboxylic acids is 1. The molecule has 6 heteroatoms. The lowest BCUT2D eigenvalue weighted by molar-refractivity contribution is 0.0952. The number of ether oxygens (including phenoxy) is 1. The van der Waals surface area contributed by atoms with Gasteiger partial charge in [0.05, 0.1) is 5.56 Å². The molecule has 1 aromatic carbocycles. The fourth-order valence-electron chi connectivity index (χ4n) is 2.06. The van der Waals surface area contributed by atoms with Gasteiger partial charge in [-0.25, -0.2) is 5.84 Å². The molecule has 0 unspecified atom stereocenters. The summed E-state index contributed by atoms with van der Waals surface area (Å²) in [5.41, 5.74) is 4.38. The minimum atomic E-state index is -0.388. The third-order valence-electron chi connectivity index (χ3n) is 3.14. The van der Waals surface area contributed by atoms with Crippen LogP contribution in [0.1, 0.15) is 33.0 Å². The van der Waals surface area contributed by atoms with E-state index in [-0.39, 0.29) is 12.5 Å². The van der Waals surface area contributed by atoms with Crippen LogP contribution in [0.3, 0.4) is 0 Å². The molecule has 3 N–H and O–H groups in total. The second-order valence-electron chi connectivity index (χ2n) is 4.82. The molecule has 0 radical (unpaired) electrons. The summed E-state index contributed by atoms with van der Waals surface area (Å²) in [7, 11) is 0. The fourth-order valence-corrected chi connectivity index (χ4v) is 2.17. The van der Waals surface area contributed by atoms with Crippen molar-refractivity contribution in [1.82, 2.24) is 5.43 Å². The van der Waals surface area contributed by atoms with Crippen LogP contribution < -0.4 is 16.0 Å². The number of furan rings is 1. The normalized spacial score (nSPS) is 10.5. The number of nitrogens with two attached hydrogens (primary N) is 1. The zero-order chi connectivity index (χ0) is 15.6. The van der Waals surface area contributed by atoms with Crippen LogP contribution in [0.15, 0.2) is 22.6 Å². The topological polar surface area (TPSA) is 77.5 Å². The van der Waals surface area contributed by atoms with Crippen LogP contribution in [0, 0.1) is 20.8 Å². The number of benzene rings is 1. The molecule has 0 aliphatic carbocycles. The summed E-state index contributed by atoms with van der Waals surface area (Å²) in [6, 6.07) is 5.34. The van der Waals surface area contributed by atoms with E-state index < -0.39 is 0 Å². The van der Waals surface area contributed by atoms with Gasteiger partial charge < -0.3 is 9.15 Å². The highest BCUT2D eigenvalue weighted by atomic mass is 35.5. The lowest BCUT2D eigenvalue weighted by Crippen LogP contribution is -2.30. The van der Waals surface area contributed by atoms with Gasteiger partial charge in [-0.2, -0.15) is 0 Å². The summed E-state index contributed by atoms with van der Waals surface area (Å²) >= 11 is 6.11. The molecule has 1 aromatic heterocycles. The Morgan fingerprint density at radius 1 is 1.29 bits per heavy atom. The van der Waals surface area contributed by atoms with Crippen LogP contribution in [0.5, 0.6) is 5.75 Å². The Hall–Kier alpha value is -1.98. The van der Waals surface area contributed by atoms with Gasteiger partial charge in [-0.15, -0.1) is 0 Å². The largest absolute Gasteiger partial charge is 0.486 e. The number of carbonyl (C=O) groups is 1. The van der Waals surface area contributed by atoms with Crippen molar-refractivity contribution in [1.29, 1.82) is 0 Å². The highest BCUT2D eigenvalue weighted by Gasteiger charge is 2.14. The molecule has 0 bridgehead atoms. The van der Waals surface area contributed by atoms with E-state index in [0.29, 0.717) is 22.8 Å². The van der Waals surface area contributed by atoms with Gasteiger partial charge in [0.2, 0.25) is 0 Å². The first-order chi connectivity index (χ1) is 9.92. The average Bonchev–Trinajstić information content (AvgIpc) is 2.82. The van der Waals surface area contributed by atoms with Crippen LogP contribution in [0.25, 0.3) is 0 Å². The van der Waals surface area contributed by atoms with E-state index in [2.05, 4.69) is 5.43 Å². The van der Waals surface area contributed by atoms with Gasteiger partial charge in [-0.3, -0.25) is 10.2 Å². The second-order valence-corrected chi connectivity index (χ2v) is 5.19. The summed E-state index contributed by atoms with van der Waals surface area (Å²) in [5.74, 6) is 6.48. The van der Waals surface area contributed by atoms with Gasteiger partial charge in [0.1, 0.15) is 23.9 Å². The van der Waals surface area contributed by atoms with Crippen LogP contribution in [0.2, 0.25) is 5.02 Å². The molecule has 5 nitrogen and oxygen atoms in total. The molecule has 1 heterocycles. The molecule has 0 fully saturated rings. The number of hydrogen-bond donors (Lipinski definition) is 2. The Morgan fingerprint density at radius 3 is 2.48 bits per heavy atom. The van der Waals surface area contributed by atoms with Crippen molar-refractivity contribution >= 4 is 17.5 Å². The van der Waals surface area contributed by atoms with Crippen LogP contribution >= 0.6 is 11.6 Å². The SMILES string of the molecule is Cc1cc(OCc2cc(C(=O)NN)c(C)o2)cc(C)c1Cl. The van der Waals surface area contributed by atoms with Crippen molar-refractivity contribution in [2.75, 3.05) is 0 Å². The van der Waals surface area contributed by atoms with E-state index in [1.165, 1.54) is 0 Å². The van der Waals surface area contributed by atoms with Gasteiger partial charge in [0, 0.05) is 5.02 Å². The van der Waals surface area contributed by atoms with Crippen LogP contribution in [0.4, 0.5) is 0 Å². The second kappa shape index (κ2) is 6.20. The summed E-state index contributed by atoms with van der Waals surface area (Å²) in [6.07, 6.45) is 0. The number of hydrazine groups is 1. The van der Waals surface area contributed by atoms with E-state index in [1.807, 2.05) is 26.0 Å². The molecule has 112 valence electrons. The van der Waals surface area contributed by atoms with E-state index in [4.69, 9.17) is 26.6 Å².